The maximum absolute atomic E-state index is 10.5. The van der Waals surface area contributed by atoms with Gasteiger partial charge < -0.3 is 15.5 Å². The van der Waals surface area contributed by atoms with Crippen LogP contribution in [0, 0.1) is 0 Å². The maximum Gasteiger partial charge on any atom is 0.337 e. The molecule has 0 saturated carbocycles. The SMILES string of the molecule is Cn1ccc(NCC(C)(O)C(=O)O)n1. The van der Waals surface area contributed by atoms with Crippen molar-refractivity contribution in [2.75, 3.05) is 11.9 Å². The van der Waals surface area contributed by atoms with Crippen molar-refractivity contribution in [3.05, 3.63) is 12.3 Å². The first-order valence-corrected chi connectivity index (χ1v) is 4.11. The molecule has 0 amide bonds. The van der Waals surface area contributed by atoms with Crippen molar-refractivity contribution in [3.63, 3.8) is 0 Å². The molecule has 3 N–H and O–H groups in total. The number of aliphatic carboxylic acids is 1. The monoisotopic (exact) mass is 199 g/mol. The predicted molar refractivity (Wildman–Crippen MR) is 50.0 cm³/mol. The van der Waals surface area contributed by atoms with Gasteiger partial charge in [0.15, 0.2) is 5.60 Å². The zero-order valence-electron chi connectivity index (χ0n) is 8.06. The summed E-state index contributed by atoms with van der Waals surface area (Å²) < 4.78 is 1.58. The summed E-state index contributed by atoms with van der Waals surface area (Å²) in [6.07, 6.45) is 1.72. The summed E-state index contributed by atoms with van der Waals surface area (Å²) in [6, 6.07) is 1.69. The lowest BCUT2D eigenvalue weighted by Crippen LogP contribution is -2.41. The topological polar surface area (TPSA) is 87.4 Å². The van der Waals surface area contributed by atoms with E-state index in [1.54, 1.807) is 24.0 Å². The summed E-state index contributed by atoms with van der Waals surface area (Å²) >= 11 is 0. The number of rotatable bonds is 4. The molecule has 14 heavy (non-hydrogen) atoms. The number of hydrogen-bond acceptors (Lipinski definition) is 4. The van der Waals surface area contributed by atoms with Crippen LogP contribution in [0.3, 0.4) is 0 Å². The minimum absolute atomic E-state index is 0.0840. The van der Waals surface area contributed by atoms with Crippen LogP contribution < -0.4 is 5.32 Å². The lowest BCUT2D eigenvalue weighted by molar-refractivity contribution is -0.155. The van der Waals surface area contributed by atoms with E-state index < -0.39 is 11.6 Å². The zero-order chi connectivity index (χ0) is 10.8. The van der Waals surface area contributed by atoms with Crippen LogP contribution in [-0.4, -0.2) is 38.1 Å². The van der Waals surface area contributed by atoms with Gasteiger partial charge in [-0.05, 0) is 6.92 Å². The van der Waals surface area contributed by atoms with Crippen LogP contribution in [0.25, 0.3) is 0 Å². The minimum atomic E-state index is -1.78. The van der Waals surface area contributed by atoms with Gasteiger partial charge in [0.05, 0.1) is 6.54 Å². The Kier molecular flexibility index (Phi) is 2.76. The average Bonchev–Trinajstić information content (AvgIpc) is 2.48. The first kappa shape index (κ1) is 10.5. The molecular weight excluding hydrogens is 186 g/mol. The molecule has 0 aliphatic carbocycles. The first-order chi connectivity index (χ1) is 6.42. The molecule has 0 aromatic carbocycles. The highest BCUT2D eigenvalue weighted by atomic mass is 16.4. The van der Waals surface area contributed by atoms with Crippen LogP contribution >= 0.6 is 0 Å². The number of nitrogens with zero attached hydrogens (tertiary/aromatic N) is 2. The Hall–Kier alpha value is -1.56. The number of carboxylic acid groups (broad SMARTS) is 1. The summed E-state index contributed by atoms with van der Waals surface area (Å²) in [6.45, 7) is 1.14. The van der Waals surface area contributed by atoms with E-state index in [2.05, 4.69) is 10.4 Å². The fourth-order valence-corrected chi connectivity index (χ4v) is 0.848. The number of hydrogen-bond donors (Lipinski definition) is 3. The molecule has 78 valence electrons. The van der Waals surface area contributed by atoms with Gasteiger partial charge in [0.25, 0.3) is 0 Å². The smallest absolute Gasteiger partial charge is 0.337 e. The number of carboxylic acids is 1. The Labute approximate surface area is 81.2 Å². The molecule has 1 aromatic heterocycles. The third-order valence-electron chi connectivity index (χ3n) is 1.79. The Morgan fingerprint density at radius 1 is 1.79 bits per heavy atom. The number of aryl methyl sites for hydroxylation is 1. The molecule has 1 atom stereocenters. The van der Waals surface area contributed by atoms with Gasteiger partial charge in [0.2, 0.25) is 0 Å². The van der Waals surface area contributed by atoms with Crippen molar-refractivity contribution in [3.8, 4) is 0 Å². The van der Waals surface area contributed by atoms with Gasteiger partial charge in [0, 0.05) is 19.3 Å². The molecule has 0 aliphatic rings. The molecule has 0 fully saturated rings. The van der Waals surface area contributed by atoms with Crippen molar-refractivity contribution in [1.29, 1.82) is 0 Å². The van der Waals surface area contributed by atoms with Crippen LogP contribution in [0.1, 0.15) is 6.92 Å². The van der Waals surface area contributed by atoms with Gasteiger partial charge in [-0.25, -0.2) is 4.79 Å². The third kappa shape index (κ3) is 2.46. The lowest BCUT2D eigenvalue weighted by atomic mass is 10.1. The summed E-state index contributed by atoms with van der Waals surface area (Å²) in [7, 11) is 1.75. The summed E-state index contributed by atoms with van der Waals surface area (Å²) in [4.78, 5) is 10.5. The second-order valence-corrected chi connectivity index (χ2v) is 3.31. The van der Waals surface area contributed by atoms with Gasteiger partial charge in [-0.1, -0.05) is 0 Å². The normalized spacial score (nSPS) is 14.8. The van der Waals surface area contributed by atoms with Crippen molar-refractivity contribution in [2.24, 2.45) is 7.05 Å². The standard InChI is InChI=1S/C8H13N3O3/c1-8(14,7(12)13)5-9-6-3-4-11(2)10-6/h3-4,14H,5H2,1-2H3,(H,9,10)(H,12,13). The van der Waals surface area contributed by atoms with E-state index in [9.17, 15) is 9.90 Å². The number of carbonyl (C=O) groups is 1. The van der Waals surface area contributed by atoms with Crippen LogP contribution in [-0.2, 0) is 11.8 Å². The number of anilines is 1. The van der Waals surface area contributed by atoms with Crippen molar-refractivity contribution < 1.29 is 15.0 Å². The second kappa shape index (κ2) is 3.67. The van der Waals surface area contributed by atoms with Crippen LogP contribution in [0.15, 0.2) is 12.3 Å². The highest BCUT2D eigenvalue weighted by molar-refractivity contribution is 5.77. The number of aliphatic hydroxyl groups is 1. The molecule has 0 aliphatic heterocycles. The van der Waals surface area contributed by atoms with Crippen molar-refractivity contribution in [1.82, 2.24) is 9.78 Å². The van der Waals surface area contributed by atoms with Crippen LogP contribution in [0.4, 0.5) is 5.82 Å². The quantitative estimate of drug-likeness (QED) is 0.618. The Bertz CT molecular complexity index is 332. The second-order valence-electron chi connectivity index (χ2n) is 3.31. The average molecular weight is 199 g/mol. The van der Waals surface area contributed by atoms with E-state index in [1.807, 2.05) is 0 Å². The fourth-order valence-electron chi connectivity index (χ4n) is 0.848. The Balaban J connectivity index is 2.52. The van der Waals surface area contributed by atoms with E-state index in [4.69, 9.17) is 5.11 Å². The van der Waals surface area contributed by atoms with Crippen molar-refractivity contribution in [2.45, 2.75) is 12.5 Å². The molecule has 0 saturated heterocycles. The minimum Gasteiger partial charge on any atom is -0.479 e. The molecule has 1 unspecified atom stereocenters. The van der Waals surface area contributed by atoms with Crippen molar-refractivity contribution >= 4 is 11.8 Å². The fraction of sp³-hybridized carbons (Fsp3) is 0.500. The molecular formula is C8H13N3O3. The van der Waals surface area contributed by atoms with Gasteiger partial charge in [-0.2, -0.15) is 5.10 Å². The van der Waals surface area contributed by atoms with Gasteiger partial charge in [0.1, 0.15) is 5.82 Å². The zero-order valence-corrected chi connectivity index (χ0v) is 8.06. The highest BCUT2D eigenvalue weighted by Gasteiger charge is 2.29. The van der Waals surface area contributed by atoms with Crippen LogP contribution in [0.2, 0.25) is 0 Å². The number of nitrogens with one attached hydrogen (secondary N) is 1. The largest absolute Gasteiger partial charge is 0.479 e. The van der Waals surface area contributed by atoms with Gasteiger partial charge in [-0.3, -0.25) is 4.68 Å². The summed E-state index contributed by atoms with van der Waals surface area (Å²) in [5, 5.41) is 24.7. The maximum atomic E-state index is 10.5. The molecule has 1 aromatic rings. The van der Waals surface area contributed by atoms with E-state index in [-0.39, 0.29) is 6.54 Å². The Morgan fingerprint density at radius 2 is 2.43 bits per heavy atom. The Morgan fingerprint density at radius 3 is 2.86 bits per heavy atom. The van der Waals surface area contributed by atoms with E-state index in [0.717, 1.165) is 0 Å². The molecule has 1 rings (SSSR count). The molecule has 0 bridgehead atoms. The summed E-state index contributed by atoms with van der Waals surface area (Å²) in [5.74, 6) is -0.727. The molecule has 1 heterocycles. The van der Waals surface area contributed by atoms with Crippen LogP contribution in [0.5, 0.6) is 0 Å². The summed E-state index contributed by atoms with van der Waals surface area (Å²) in [5.41, 5.74) is -1.78. The third-order valence-corrected chi connectivity index (χ3v) is 1.79. The molecule has 0 radical (unpaired) electrons. The van der Waals surface area contributed by atoms with E-state index in [0.29, 0.717) is 5.82 Å². The predicted octanol–water partition coefficient (Wildman–Crippen LogP) is -0.332. The van der Waals surface area contributed by atoms with Gasteiger partial charge >= 0.3 is 5.97 Å². The highest BCUT2D eigenvalue weighted by Crippen LogP contribution is 2.06. The molecule has 0 spiro atoms. The molecule has 6 nitrogen and oxygen atoms in total. The number of aromatic nitrogens is 2. The van der Waals surface area contributed by atoms with E-state index >= 15 is 0 Å². The molecule has 6 heteroatoms. The lowest BCUT2D eigenvalue weighted by Gasteiger charge is -2.17. The van der Waals surface area contributed by atoms with E-state index in [1.165, 1.54) is 6.92 Å². The van der Waals surface area contributed by atoms with Gasteiger partial charge in [-0.15, -0.1) is 0 Å². The first-order valence-electron chi connectivity index (χ1n) is 4.11.